The summed E-state index contributed by atoms with van der Waals surface area (Å²) in [7, 11) is -3.52. The maximum absolute atomic E-state index is 10.9. The van der Waals surface area contributed by atoms with Crippen LogP contribution in [0.2, 0.25) is 0 Å². The van der Waals surface area contributed by atoms with Crippen molar-refractivity contribution < 1.29 is 12.6 Å². The quantitative estimate of drug-likeness (QED) is 0.632. The Kier molecular flexibility index (Phi) is 2.94. The predicted octanol–water partition coefficient (Wildman–Crippen LogP) is 1.19. The summed E-state index contributed by atoms with van der Waals surface area (Å²) < 4.78 is 26.6. The molecule has 0 aromatic rings. The third-order valence-corrected chi connectivity index (χ3v) is 2.80. The molecule has 0 N–H and O–H groups in total. The molecule has 0 atom stereocenters. The van der Waals surface area contributed by atoms with Crippen molar-refractivity contribution in [2.75, 3.05) is 6.26 Å². The van der Waals surface area contributed by atoms with E-state index in [1.807, 2.05) is 6.07 Å². The molecule has 4 nitrogen and oxygen atoms in total. The highest BCUT2D eigenvalue weighted by Gasteiger charge is 2.36. The first-order valence-corrected chi connectivity index (χ1v) is 6.11. The topological polar surface area (TPSA) is 67.2 Å². The van der Waals surface area contributed by atoms with Gasteiger partial charge in [0.05, 0.1) is 12.3 Å². The first-order valence-electron chi connectivity index (χ1n) is 4.29. The minimum atomic E-state index is -3.52. The van der Waals surface area contributed by atoms with E-state index in [9.17, 15) is 8.42 Å². The average Bonchev–Trinajstić information content (AvgIpc) is 2.03. The lowest BCUT2D eigenvalue weighted by molar-refractivity contribution is 0.0936. The largest absolute Gasteiger partial charge is 0.265 e. The van der Waals surface area contributed by atoms with Crippen LogP contribution in [0.1, 0.15) is 32.1 Å². The summed E-state index contributed by atoms with van der Waals surface area (Å²) in [6, 6.07) is 1.97. The molecule has 0 bridgehead atoms. The van der Waals surface area contributed by atoms with Crippen LogP contribution in [-0.4, -0.2) is 20.3 Å². The molecule has 1 saturated carbocycles. The van der Waals surface area contributed by atoms with Gasteiger partial charge in [-0.05, 0) is 25.7 Å². The SMILES string of the molecule is CS(=O)(=O)OC1(C#N)CCCCC1. The zero-order valence-electron chi connectivity index (χ0n) is 7.62. The summed E-state index contributed by atoms with van der Waals surface area (Å²) >= 11 is 0. The van der Waals surface area contributed by atoms with Gasteiger partial charge in [0.15, 0.2) is 5.60 Å². The summed E-state index contributed by atoms with van der Waals surface area (Å²) in [5.74, 6) is 0. The number of hydrogen-bond donors (Lipinski definition) is 0. The lowest BCUT2D eigenvalue weighted by Crippen LogP contribution is -2.35. The Morgan fingerprint density at radius 2 is 1.85 bits per heavy atom. The molecule has 1 fully saturated rings. The highest BCUT2D eigenvalue weighted by atomic mass is 32.2. The molecule has 0 aromatic heterocycles. The van der Waals surface area contributed by atoms with Crippen molar-refractivity contribution in [3.8, 4) is 6.07 Å². The average molecular weight is 203 g/mol. The van der Waals surface area contributed by atoms with Gasteiger partial charge in [0.2, 0.25) is 0 Å². The van der Waals surface area contributed by atoms with Gasteiger partial charge in [-0.25, -0.2) is 4.18 Å². The van der Waals surface area contributed by atoms with Crippen molar-refractivity contribution in [1.82, 2.24) is 0 Å². The minimum Gasteiger partial charge on any atom is -0.248 e. The molecule has 0 heterocycles. The molecule has 0 unspecified atom stereocenters. The summed E-state index contributed by atoms with van der Waals surface area (Å²) in [5.41, 5.74) is -1.08. The van der Waals surface area contributed by atoms with Crippen LogP contribution >= 0.6 is 0 Å². The van der Waals surface area contributed by atoms with Crippen molar-refractivity contribution in [1.29, 1.82) is 5.26 Å². The summed E-state index contributed by atoms with van der Waals surface area (Å²) in [6.45, 7) is 0. The van der Waals surface area contributed by atoms with Crippen LogP contribution in [-0.2, 0) is 14.3 Å². The standard InChI is InChI=1S/C8H13NO3S/c1-13(10,11)12-8(7-9)5-3-2-4-6-8/h2-6H2,1H3. The van der Waals surface area contributed by atoms with Crippen molar-refractivity contribution in [3.63, 3.8) is 0 Å². The molecule has 1 rings (SSSR count). The van der Waals surface area contributed by atoms with Crippen LogP contribution < -0.4 is 0 Å². The van der Waals surface area contributed by atoms with Crippen LogP contribution in [0.5, 0.6) is 0 Å². The lowest BCUT2D eigenvalue weighted by atomic mass is 9.86. The molecule has 0 amide bonds. The fraction of sp³-hybridized carbons (Fsp3) is 0.875. The van der Waals surface area contributed by atoms with E-state index in [0.717, 1.165) is 25.5 Å². The van der Waals surface area contributed by atoms with Crippen LogP contribution in [0.4, 0.5) is 0 Å². The fourth-order valence-electron chi connectivity index (χ4n) is 1.63. The third-order valence-electron chi connectivity index (χ3n) is 2.18. The minimum absolute atomic E-state index is 0.524. The number of nitrogens with zero attached hydrogens (tertiary/aromatic N) is 1. The summed E-state index contributed by atoms with van der Waals surface area (Å²) in [4.78, 5) is 0. The smallest absolute Gasteiger partial charge is 0.248 e. The summed E-state index contributed by atoms with van der Waals surface area (Å²) in [6.07, 6.45) is 4.82. The molecule has 0 radical (unpaired) electrons. The maximum Gasteiger partial charge on any atom is 0.265 e. The van der Waals surface area contributed by atoms with E-state index in [-0.39, 0.29) is 0 Å². The normalized spacial score (nSPS) is 22.2. The van der Waals surface area contributed by atoms with E-state index in [4.69, 9.17) is 9.44 Å². The molecule has 0 aliphatic heterocycles. The predicted molar refractivity (Wildman–Crippen MR) is 47.4 cm³/mol. The Labute approximate surface area is 78.6 Å². The molecule has 74 valence electrons. The molecule has 5 heteroatoms. The molecule has 0 saturated heterocycles. The van der Waals surface area contributed by atoms with E-state index in [2.05, 4.69) is 0 Å². The number of hydrogen-bond acceptors (Lipinski definition) is 4. The highest BCUT2D eigenvalue weighted by molar-refractivity contribution is 7.86. The molecule has 1 aliphatic rings. The second-order valence-electron chi connectivity index (χ2n) is 3.45. The van der Waals surface area contributed by atoms with Gasteiger partial charge in [-0.3, -0.25) is 0 Å². The second kappa shape index (κ2) is 3.64. The summed E-state index contributed by atoms with van der Waals surface area (Å²) in [5, 5.41) is 8.87. The molecule has 1 aliphatic carbocycles. The molecular formula is C8H13NO3S. The van der Waals surface area contributed by atoms with Crippen LogP contribution in [0.3, 0.4) is 0 Å². The van der Waals surface area contributed by atoms with Gasteiger partial charge < -0.3 is 0 Å². The first-order chi connectivity index (χ1) is 5.97. The van der Waals surface area contributed by atoms with Crippen LogP contribution in [0, 0.1) is 11.3 Å². The Hall–Kier alpha value is -0.600. The highest BCUT2D eigenvalue weighted by Crippen LogP contribution is 2.32. The monoisotopic (exact) mass is 203 g/mol. The van der Waals surface area contributed by atoms with Crippen molar-refractivity contribution in [2.24, 2.45) is 0 Å². The Balaban J connectivity index is 2.76. The van der Waals surface area contributed by atoms with Crippen molar-refractivity contribution >= 4 is 10.1 Å². The third kappa shape index (κ3) is 2.98. The van der Waals surface area contributed by atoms with Gasteiger partial charge >= 0.3 is 0 Å². The van der Waals surface area contributed by atoms with E-state index >= 15 is 0 Å². The van der Waals surface area contributed by atoms with Gasteiger partial charge in [-0.1, -0.05) is 6.42 Å². The van der Waals surface area contributed by atoms with Crippen molar-refractivity contribution in [3.05, 3.63) is 0 Å². The number of rotatable bonds is 2. The van der Waals surface area contributed by atoms with Crippen LogP contribution in [0.15, 0.2) is 0 Å². The van der Waals surface area contributed by atoms with Gasteiger partial charge in [-0.2, -0.15) is 13.7 Å². The zero-order chi connectivity index (χ0) is 9.95. The van der Waals surface area contributed by atoms with Gasteiger partial charge in [-0.15, -0.1) is 0 Å². The van der Waals surface area contributed by atoms with Gasteiger partial charge in [0.25, 0.3) is 10.1 Å². The van der Waals surface area contributed by atoms with Crippen LogP contribution in [0.25, 0.3) is 0 Å². The molecule has 0 spiro atoms. The molecule has 0 aromatic carbocycles. The maximum atomic E-state index is 10.9. The zero-order valence-corrected chi connectivity index (χ0v) is 8.43. The van der Waals surface area contributed by atoms with E-state index in [1.54, 1.807) is 0 Å². The number of nitriles is 1. The first kappa shape index (κ1) is 10.5. The van der Waals surface area contributed by atoms with Gasteiger partial charge in [0, 0.05) is 0 Å². The fourth-order valence-corrected chi connectivity index (χ4v) is 2.41. The second-order valence-corrected chi connectivity index (χ2v) is 5.03. The Bertz CT molecular complexity index is 309. The Morgan fingerprint density at radius 1 is 1.31 bits per heavy atom. The van der Waals surface area contributed by atoms with E-state index < -0.39 is 15.7 Å². The van der Waals surface area contributed by atoms with E-state index in [0.29, 0.717) is 12.8 Å². The lowest BCUT2D eigenvalue weighted by Gasteiger charge is -2.28. The Morgan fingerprint density at radius 3 is 2.23 bits per heavy atom. The molecular weight excluding hydrogens is 190 g/mol. The van der Waals surface area contributed by atoms with E-state index in [1.165, 1.54) is 0 Å². The molecule has 13 heavy (non-hydrogen) atoms. The van der Waals surface area contributed by atoms with Gasteiger partial charge in [0.1, 0.15) is 0 Å². The van der Waals surface area contributed by atoms with Crippen molar-refractivity contribution in [2.45, 2.75) is 37.7 Å².